The van der Waals surface area contributed by atoms with Gasteiger partial charge in [0.2, 0.25) is 0 Å². The quantitative estimate of drug-likeness (QED) is 0.848. The molecular weight excluding hydrogens is 260 g/mol. The molecule has 1 N–H and O–H groups in total. The molecule has 0 saturated carbocycles. The Morgan fingerprint density at radius 1 is 1.26 bits per heavy atom. The number of hydrogen-bond acceptors (Lipinski definition) is 4. The van der Waals surface area contributed by atoms with Gasteiger partial charge in [0.1, 0.15) is 11.4 Å². The van der Waals surface area contributed by atoms with Gasteiger partial charge in [0.25, 0.3) is 0 Å². The van der Waals surface area contributed by atoms with Crippen LogP contribution in [0, 0.1) is 0 Å². The normalized spacial score (nSPS) is 10.4. The first-order valence-electron chi connectivity index (χ1n) is 6.01. The Bertz CT molecular complexity index is 570. The molecule has 0 radical (unpaired) electrons. The minimum absolute atomic E-state index is 0.290. The lowest BCUT2D eigenvalue weighted by molar-refractivity contribution is 0.0697. The first-order chi connectivity index (χ1) is 9.19. The highest BCUT2D eigenvalue weighted by Gasteiger charge is 2.04. The van der Waals surface area contributed by atoms with E-state index in [0.717, 1.165) is 28.5 Å². The largest absolute Gasteiger partial charge is 0.478 e. The van der Waals surface area contributed by atoms with Crippen LogP contribution in [0.15, 0.2) is 46.6 Å². The van der Waals surface area contributed by atoms with Crippen molar-refractivity contribution in [2.45, 2.75) is 29.7 Å². The lowest BCUT2D eigenvalue weighted by Gasteiger charge is -2.03. The van der Waals surface area contributed by atoms with Crippen LogP contribution in [0.3, 0.4) is 0 Å². The zero-order valence-corrected chi connectivity index (χ0v) is 11.4. The molecule has 0 spiro atoms. The Morgan fingerprint density at radius 3 is 2.63 bits per heavy atom. The Labute approximate surface area is 115 Å². The van der Waals surface area contributed by atoms with Crippen molar-refractivity contribution in [2.75, 3.05) is 0 Å². The van der Waals surface area contributed by atoms with E-state index in [4.69, 9.17) is 5.11 Å². The molecule has 2 aromatic rings. The van der Waals surface area contributed by atoms with Gasteiger partial charge in [-0.25, -0.2) is 14.8 Å². The summed E-state index contributed by atoms with van der Waals surface area (Å²) in [4.78, 5) is 20.1. The van der Waals surface area contributed by atoms with Crippen LogP contribution < -0.4 is 0 Å². The van der Waals surface area contributed by atoms with Gasteiger partial charge in [0.15, 0.2) is 0 Å². The van der Waals surface area contributed by atoms with Gasteiger partial charge >= 0.3 is 5.97 Å². The molecule has 0 unspecified atom stereocenters. The molecule has 4 nitrogen and oxygen atoms in total. The van der Waals surface area contributed by atoms with Crippen LogP contribution in [0.25, 0.3) is 0 Å². The molecule has 1 aromatic heterocycles. The number of benzene rings is 1. The number of nitrogens with zero attached hydrogens (tertiary/aromatic N) is 2. The zero-order valence-electron chi connectivity index (χ0n) is 10.5. The summed E-state index contributed by atoms with van der Waals surface area (Å²) in [5.41, 5.74) is 1.32. The van der Waals surface area contributed by atoms with Crippen LogP contribution in [0.1, 0.15) is 29.4 Å². The van der Waals surface area contributed by atoms with Gasteiger partial charge < -0.3 is 5.11 Å². The summed E-state index contributed by atoms with van der Waals surface area (Å²) < 4.78 is 0. The molecule has 0 aliphatic heterocycles. The topological polar surface area (TPSA) is 63.1 Å². The van der Waals surface area contributed by atoms with Gasteiger partial charge in [0.05, 0.1) is 5.56 Å². The van der Waals surface area contributed by atoms with E-state index in [1.807, 2.05) is 6.07 Å². The van der Waals surface area contributed by atoms with E-state index in [0.29, 0.717) is 5.56 Å². The summed E-state index contributed by atoms with van der Waals surface area (Å²) >= 11 is 1.50. The van der Waals surface area contributed by atoms with Crippen LogP contribution >= 0.6 is 11.8 Å². The van der Waals surface area contributed by atoms with Crippen LogP contribution in [0.2, 0.25) is 0 Å². The second-order valence-corrected chi connectivity index (χ2v) is 5.12. The van der Waals surface area contributed by atoms with Gasteiger partial charge in [-0.3, -0.25) is 0 Å². The van der Waals surface area contributed by atoms with E-state index in [1.165, 1.54) is 11.8 Å². The fourth-order valence-electron chi connectivity index (χ4n) is 1.61. The highest BCUT2D eigenvalue weighted by Crippen LogP contribution is 2.26. The van der Waals surface area contributed by atoms with Crippen molar-refractivity contribution in [1.82, 2.24) is 9.97 Å². The highest BCUT2D eigenvalue weighted by molar-refractivity contribution is 7.99. The summed E-state index contributed by atoms with van der Waals surface area (Å²) in [5, 5.41) is 9.71. The fraction of sp³-hybridized carbons (Fsp3) is 0.214. The molecule has 0 amide bonds. The molecule has 5 heteroatoms. The lowest BCUT2D eigenvalue weighted by Crippen LogP contribution is -1.95. The van der Waals surface area contributed by atoms with Crippen LogP contribution in [-0.2, 0) is 6.42 Å². The average Bonchev–Trinajstić information content (AvgIpc) is 2.40. The minimum Gasteiger partial charge on any atom is -0.478 e. The van der Waals surface area contributed by atoms with Crippen molar-refractivity contribution < 1.29 is 9.90 Å². The number of rotatable bonds is 5. The van der Waals surface area contributed by atoms with Gasteiger partial charge in [-0.15, -0.1) is 0 Å². The lowest BCUT2D eigenvalue weighted by atomic mass is 10.2. The molecule has 0 fully saturated rings. The summed E-state index contributed by atoms with van der Waals surface area (Å²) in [6, 6.07) is 8.74. The van der Waals surface area contributed by atoms with E-state index in [-0.39, 0.29) is 0 Å². The predicted octanol–water partition coefficient (Wildman–Crippen LogP) is 3.28. The molecule has 0 saturated heterocycles. The number of hydrogen-bond donors (Lipinski definition) is 1. The fourth-order valence-corrected chi connectivity index (χ4v) is 2.42. The maximum absolute atomic E-state index is 10.8. The Morgan fingerprint density at radius 2 is 2.00 bits per heavy atom. The number of carboxylic acids is 1. The highest BCUT2D eigenvalue weighted by atomic mass is 32.2. The second kappa shape index (κ2) is 6.33. The van der Waals surface area contributed by atoms with Crippen molar-refractivity contribution in [3.63, 3.8) is 0 Å². The number of aromatic nitrogens is 2. The molecule has 0 atom stereocenters. The molecule has 0 bridgehead atoms. The van der Waals surface area contributed by atoms with E-state index in [9.17, 15) is 4.79 Å². The third kappa shape index (κ3) is 3.79. The Hall–Kier alpha value is -1.88. The van der Waals surface area contributed by atoms with E-state index in [2.05, 4.69) is 16.9 Å². The Balaban J connectivity index is 2.12. The number of aromatic carboxylic acids is 1. The molecule has 1 aromatic carbocycles. The molecule has 2 rings (SSSR count). The van der Waals surface area contributed by atoms with Gasteiger partial charge in [-0.05, 0) is 36.8 Å². The van der Waals surface area contributed by atoms with Gasteiger partial charge in [0, 0.05) is 10.6 Å². The maximum Gasteiger partial charge on any atom is 0.335 e. The molecule has 0 aliphatic rings. The molecule has 0 aliphatic carbocycles. The van der Waals surface area contributed by atoms with Crippen LogP contribution in [0.5, 0.6) is 0 Å². The number of aryl methyl sites for hydroxylation is 1. The average molecular weight is 274 g/mol. The summed E-state index contributed by atoms with van der Waals surface area (Å²) in [7, 11) is 0. The predicted molar refractivity (Wildman–Crippen MR) is 73.6 cm³/mol. The van der Waals surface area contributed by atoms with Crippen LogP contribution in [-0.4, -0.2) is 21.0 Å². The summed E-state index contributed by atoms with van der Waals surface area (Å²) in [6.45, 7) is 2.11. The first-order valence-corrected chi connectivity index (χ1v) is 6.83. The second-order valence-electron chi connectivity index (χ2n) is 4.03. The summed E-state index contributed by atoms with van der Waals surface area (Å²) in [5.74, 6) is -0.913. The van der Waals surface area contributed by atoms with Crippen molar-refractivity contribution in [1.29, 1.82) is 0 Å². The monoisotopic (exact) mass is 274 g/mol. The molecular formula is C14H14N2O2S. The van der Waals surface area contributed by atoms with Gasteiger partial charge in [-0.2, -0.15) is 0 Å². The standard InChI is InChI=1S/C14H14N2O2S/c1-2-3-11-8-13(16-9-15-11)19-12-6-4-10(5-7-12)14(17)18/h4-9H,2-3H2,1H3,(H,17,18). The molecule has 98 valence electrons. The van der Waals surface area contributed by atoms with Crippen molar-refractivity contribution >= 4 is 17.7 Å². The molecule has 1 heterocycles. The summed E-state index contributed by atoms with van der Waals surface area (Å²) in [6.07, 6.45) is 3.56. The maximum atomic E-state index is 10.8. The third-order valence-corrected chi connectivity index (χ3v) is 3.47. The molecule has 19 heavy (non-hydrogen) atoms. The number of carboxylic acid groups (broad SMARTS) is 1. The number of carbonyl (C=O) groups is 1. The van der Waals surface area contributed by atoms with Crippen LogP contribution in [0.4, 0.5) is 0 Å². The van der Waals surface area contributed by atoms with Crippen molar-refractivity contribution in [3.8, 4) is 0 Å². The zero-order chi connectivity index (χ0) is 13.7. The van der Waals surface area contributed by atoms with Crippen molar-refractivity contribution in [2.24, 2.45) is 0 Å². The Kier molecular flexibility index (Phi) is 4.52. The van der Waals surface area contributed by atoms with Crippen molar-refractivity contribution in [3.05, 3.63) is 47.9 Å². The van der Waals surface area contributed by atoms with E-state index in [1.54, 1.807) is 30.6 Å². The smallest absolute Gasteiger partial charge is 0.335 e. The third-order valence-electron chi connectivity index (χ3n) is 2.53. The van der Waals surface area contributed by atoms with Gasteiger partial charge in [-0.1, -0.05) is 25.1 Å². The van der Waals surface area contributed by atoms with E-state index < -0.39 is 5.97 Å². The van der Waals surface area contributed by atoms with E-state index >= 15 is 0 Å². The first kappa shape index (κ1) is 13.5. The SMILES string of the molecule is CCCc1cc(Sc2ccc(C(=O)O)cc2)ncn1. The minimum atomic E-state index is -0.913.